The molecule has 1 aromatic rings. The summed E-state index contributed by atoms with van der Waals surface area (Å²) in [4.78, 5) is 4.58. The van der Waals surface area contributed by atoms with Crippen molar-refractivity contribution in [1.29, 1.82) is 0 Å². The molecule has 1 heterocycles. The van der Waals surface area contributed by atoms with Gasteiger partial charge in [0.25, 0.3) is 0 Å². The molecule has 2 nitrogen and oxygen atoms in total. The molecule has 0 saturated heterocycles. The van der Waals surface area contributed by atoms with Crippen LogP contribution < -0.4 is 5.32 Å². The van der Waals surface area contributed by atoms with Gasteiger partial charge < -0.3 is 5.32 Å². The van der Waals surface area contributed by atoms with Gasteiger partial charge in [0, 0.05) is 23.9 Å². The zero-order valence-electron chi connectivity index (χ0n) is 11.9. The van der Waals surface area contributed by atoms with Crippen LogP contribution in [0.3, 0.4) is 0 Å². The SMILES string of the molecule is CCCNC1CC(c2ccccn2)C1(CC)CC. The van der Waals surface area contributed by atoms with Crippen molar-refractivity contribution >= 4 is 0 Å². The first kappa shape index (κ1) is 13.5. The Kier molecular flexibility index (Phi) is 4.39. The molecule has 1 aromatic heterocycles. The Hall–Kier alpha value is -0.890. The molecule has 100 valence electrons. The molecular weight excluding hydrogens is 220 g/mol. The molecule has 1 N–H and O–H groups in total. The average molecular weight is 246 g/mol. The molecule has 0 radical (unpaired) electrons. The molecule has 1 aliphatic rings. The van der Waals surface area contributed by atoms with Crippen molar-refractivity contribution in [3.8, 4) is 0 Å². The lowest BCUT2D eigenvalue weighted by Gasteiger charge is -2.56. The Bertz CT molecular complexity index is 357. The highest BCUT2D eigenvalue weighted by Crippen LogP contribution is 2.56. The van der Waals surface area contributed by atoms with E-state index in [0.29, 0.717) is 17.4 Å². The second kappa shape index (κ2) is 5.83. The van der Waals surface area contributed by atoms with Gasteiger partial charge in [0.2, 0.25) is 0 Å². The van der Waals surface area contributed by atoms with E-state index in [1.165, 1.54) is 31.4 Å². The standard InChI is InChI=1S/C16H26N2/c1-4-10-18-15-12-13(16(15,5-2)6-3)14-9-7-8-11-17-14/h7-9,11,13,15,18H,4-6,10,12H2,1-3H3. The molecule has 2 heteroatoms. The van der Waals surface area contributed by atoms with Crippen molar-refractivity contribution in [3.05, 3.63) is 30.1 Å². The van der Waals surface area contributed by atoms with E-state index < -0.39 is 0 Å². The van der Waals surface area contributed by atoms with Crippen molar-refractivity contribution in [2.75, 3.05) is 6.54 Å². The summed E-state index contributed by atoms with van der Waals surface area (Å²) in [5, 5.41) is 3.73. The first-order chi connectivity index (χ1) is 8.78. The summed E-state index contributed by atoms with van der Waals surface area (Å²) in [6, 6.07) is 7.00. The van der Waals surface area contributed by atoms with Crippen LogP contribution in [0.2, 0.25) is 0 Å². The summed E-state index contributed by atoms with van der Waals surface area (Å²) in [6.07, 6.45) is 6.88. The van der Waals surface area contributed by atoms with Crippen LogP contribution >= 0.6 is 0 Å². The third-order valence-electron chi connectivity index (χ3n) is 4.86. The van der Waals surface area contributed by atoms with Gasteiger partial charge in [0.1, 0.15) is 0 Å². The molecule has 1 fully saturated rings. The summed E-state index contributed by atoms with van der Waals surface area (Å²) in [5.41, 5.74) is 1.71. The summed E-state index contributed by atoms with van der Waals surface area (Å²) >= 11 is 0. The molecule has 1 saturated carbocycles. The number of nitrogens with one attached hydrogen (secondary N) is 1. The molecule has 0 spiro atoms. The van der Waals surface area contributed by atoms with Crippen LogP contribution in [0.15, 0.2) is 24.4 Å². The summed E-state index contributed by atoms with van der Waals surface area (Å²) in [5.74, 6) is 0.642. The number of nitrogens with zero attached hydrogens (tertiary/aromatic N) is 1. The number of aromatic nitrogens is 1. The fraction of sp³-hybridized carbons (Fsp3) is 0.688. The van der Waals surface area contributed by atoms with Crippen LogP contribution in [0, 0.1) is 5.41 Å². The van der Waals surface area contributed by atoms with Crippen LogP contribution in [0.4, 0.5) is 0 Å². The smallest absolute Gasteiger partial charge is 0.0441 e. The van der Waals surface area contributed by atoms with E-state index in [9.17, 15) is 0 Å². The molecule has 0 bridgehead atoms. The Morgan fingerprint density at radius 3 is 2.61 bits per heavy atom. The fourth-order valence-electron chi connectivity index (χ4n) is 3.63. The monoisotopic (exact) mass is 246 g/mol. The van der Waals surface area contributed by atoms with E-state index in [4.69, 9.17) is 0 Å². The van der Waals surface area contributed by atoms with Gasteiger partial charge in [-0.1, -0.05) is 26.8 Å². The Balaban J connectivity index is 2.14. The molecule has 1 aliphatic carbocycles. The average Bonchev–Trinajstić information content (AvgIpc) is 2.40. The minimum Gasteiger partial charge on any atom is -0.313 e. The molecule has 2 rings (SSSR count). The second-order valence-electron chi connectivity index (χ2n) is 5.49. The zero-order chi connectivity index (χ0) is 13.0. The molecule has 2 unspecified atom stereocenters. The maximum atomic E-state index is 4.58. The Labute approximate surface area is 111 Å². The summed E-state index contributed by atoms with van der Waals surface area (Å²) in [6.45, 7) is 8.04. The molecule has 18 heavy (non-hydrogen) atoms. The van der Waals surface area contributed by atoms with Gasteiger partial charge in [-0.2, -0.15) is 0 Å². The van der Waals surface area contributed by atoms with Crippen LogP contribution in [0.5, 0.6) is 0 Å². The maximum Gasteiger partial charge on any atom is 0.0441 e. The number of pyridine rings is 1. The lowest BCUT2D eigenvalue weighted by Crippen LogP contribution is -2.58. The van der Waals surface area contributed by atoms with E-state index >= 15 is 0 Å². The van der Waals surface area contributed by atoms with Crippen molar-refractivity contribution < 1.29 is 0 Å². The lowest BCUT2D eigenvalue weighted by molar-refractivity contribution is 0.0180. The van der Waals surface area contributed by atoms with Gasteiger partial charge in [-0.25, -0.2) is 0 Å². The third kappa shape index (κ3) is 2.18. The number of rotatable bonds is 6. The number of hydrogen-bond donors (Lipinski definition) is 1. The van der Waals surface area contributed by atoms with Crippen molar-refractivity contribution in [2.45, 2.75) is 58.4 Å². The minimum absolute atomic E-state index is 0.420. The van der Waals surface area contributed by atoms with Crippen molar-refractivity contribution in [2.24, 2.45) is 5.41 Å². The third-order valence-corrected chi connectivity index (χ3v) is 4.86. The molecule has 0 aliphatic heterocycles. The molecule has 2 atom stereocenters. The van der Waals surface area contributed by atoms with E-state index in [-0.39, 0.29) is 0 Å². The van der Waals surface area contributed by atoms with E-state index in [1.54, 1.807) is 0 Å². The van der Waals surface area contributed by atoms with Crippen LogP contribution in [0.1, 0.15) is 58.1 Å². The van der Waals surface area contributed by atoms with Crippen molar-refractivity contribution in [3.63, 3.8) is 0 Å². The zero-order valence-corrected chi connectivity index (χ0v) is 11.9. The van der Waals surface area contributed by atoms with E-state index in [1.807, 2.05) is 12.3 Å². The van der Waals surface area contributed by atoms with E-state index in [2.05, 4.69) is 43.2 Å². The molecule has 0 amide bonds. The Morgan fingerprint density at radius 2 is 2.06 bits per heavy atom. The normalized spacial score (nSPS) is 25.7. The van der Waals surface area contributed by atoms with E-state index in [0.717, 1.165) is 6.54 Å². The highest BCUT2D eigenvalue weighted by atomic mass is 15.0. The van der Waals surface area contributed by atoms with Crippen LogP contribution in [-0.4, -0.2) is 17.6 Å². The lowest BCUT2D eigenvalue weighted by atomic mass is 9.52. The highest BCUT2D eigenvalue weighted by Gasteiger charge is 2.53. The highest BCUT2D eigenvalue weighted by molar-refractivity contribution is 5.22. The molecular formula is C16H26N2. The topological polar surface area (TPSA) is 24.9 Å². The quantitative estimate of drug-likeness (QED) is 0.827. The van der Waals surface area contributed by atoms with Crippen LogP contribution in [-0.2, 0) is 0 Å². The fourth-order valence-corrected chi connectivity index (χ4v) is 3.63. The van der Waals surface area contributed by atoms with Gasteiger partial charge in [-0.05, 0) is 49.8 Å². The van der Waals surface area contributed by atoms with Gasteiger partial charge >= 0.3 is 0 Å². The first-order valence-corrected chi connectivity index (χ1v) is 7.42. The van der Waals surface area contributed by atoms with Crippen molar-refractivity contribution in [1.82, 2.24) is 10.3 Å². The van der Waals surface area contributed by atoms with Gasteiger partial charge in [-0.15, -0.1) is 0 Å². The van der Waals surface area contributed by atoms with Gasteiger partial charge in [-0.3, -0.25) is 4.98 Å². The summed E-state index contributed by atoms with van der Waals surface area (Å²) in [7, 11) is 0. The summed E-state index contributed by atoms with van der Waals surface area (Å²) < 4.78 is 0. The Morgan fingerprint density at radius 1 is 1.28 bits per heavy atom. The largest absolute Gasteiger partial charge is 0.313 e. The van der Waals surface area contributed by atoms with Gasteiger partial charge in [0.05, 0.1) is 0 Å². The minimum atomic E-state index is 0.420. The number of hydrogen-bond acceptors (Lipinski definition) is 2. The van der Waals surface area contributed by atoms with Crippen LogP contribution in [0.25, 0.3) is 0 Å². The first-order valence-electron chi connectivity index (χ1n) is 7.42. The predicted octanol–water partition coefficient (Wildman–Crippen LogP) is 3.74. The second-order valence-corrected chi connectivity index (χ2v) is 5.49. The molecule has 0 aromatic carbocycles. The predicted molar refractivity (Wildman–Crippen MR) is 76.7 cm³/mol. The van der Waals surface area contributed by atoms with Gasteiger partial charge in [0.15, 0.2) is 0 Å². The maximum absolute atomic E-state index is 4.58.